The van der Waals surface area contributed by atoms with Crippen molar-refractivity contribution in [1.82, 2.24) is 15.0 Å². The van der Waals surface area contributed by atoms with Crippen molar-refractivity contribution >= 4 is 22.6 Å². The van der Waals surface area contributed by atoms with E-state index in [0.29, 0.717) is 0 Å². The summed E-state index contributed by atoms with van der Waals surface area (Å²) >= 11 is 2.26. The summed E-state index contributed by atoms with van der Waals surface area (Å²) in [6.07, 6.45) is 6.11. The van der Waals surface area contributed by atoms with Gasteiger partial charge >= 0.3 is 0 Å². The molecular formula is C11H10IN3. The highest BCUT2D eigenvalue weighted by atomic mass is 127. The van der Waals surface area contributed by atoms with Crippen LogP contribution in [0.2, 0.25) is 0 Å². The second-order valence-electron chi connectivity index (χ2n) is 3.10. The minimum absolute atomic E-state index is 0.913. The summed E-state index contributed by atoms with van der Waals surface area (Å²) in [5, 5.41) is 0. The summed E-state index contributed by atoms with van der Waals surface area (Å²) in [4.78, 5) is 12.6. The van der Waals surface area contributed by atoms with Crippen molar-refractivity contribution in [1.29, 1.82) is 0 Å². The monoisotopic (exact) mass is 311 g/mol. The molecule has 0 aliphatic carbocycles. The van der Waals surface area contributed by atoms with Gasteiger partial charge in [-0.3, -0.25) is 4.98 Å². The summed E-state index contributed by atoms with van der Waals surface area (Å²) in [5.74, 6) is 0. The molecule has 0 saturated carbocycles. The number of hydrogen-bond donors (Lipinski definition) is 0. The molecule has 0 fully saturated rings. The number of hydrogen-bond acceptors (Lipinski definition) is 3. The van der Waals surface area contributed by atoms with E-state index in [0.717, 1.165) is 26.9 Å². The lowest BCUT2D eigenvalue weighted by Crippen LogP contribution is -1.95. The Morgan fingerprint density at radius 2 is 2.20 bits per heavy atom. The van der Waals surface area contributed by atoms with Gasteiger partial charge in [-0.05, 0) is 41.1 Å². The predicted molar refractivity (Wildman–Crippen MR) is 67.4 cm³/mol. The molecule has 0 spiro atoms. The number of rotatable bonds is 2. The first-order chi connectivity index (χ1) is 7.31. The normalized spacial score (nSPS) is 10.3. The van der Waals surface area contributed by atoms with E-state index in [1.807, 2.05) is 12.3 Å². The first kappa shape index (κ1) is 10.5. The molecule has 15 heavy (non-hydrogen) atoms. The van der Waals surface area contributed by atoms with Crippen LogP contribution in [0.15, 0.2) is 30.9 Å². The number of pyridine rings is 1. The van der Waals surface area contributed by atoms with Gasteiger partial charge in [-0.15, -0.1) is 0 Å². The molecule has 0 bridgehead atoms. The van der Waals surface area contributed by atoms with Gasteiger partial charge < -0.3 is 0 Å². The Balaban J connectivity index is 2.56. The molecule has 0 aromatic carbocycles. The number of aryl methyl sites for hydroxylation is 1. The van der Waals surface area contributed by atoms with Crippen LogP contribution in [-0.4, -0.2) is 15.0 Å². The minimum atomic E-state index is 0.913. The largest absolute Gasteiger partial charge is 0.260 e. The van der Waals surface area contributed by atoms with E-state index in [2.05, 4.69) is 50.5 Å². The molecule has 0 N–H and O–H groups in total. The summed E-state index contributed by atoms with van der Waals surface area (Å²) in [6, 6.07) is 4.01. The Labute approximate surface area is 102 Å². The molecule has 76 valence electrons. The van der Waals surface area contributed by atoms with E-state index in [4.69, 9.17) is 0 Å². The van der Waals surface area contributed by atoms with Gasteiger partial charge in [0.25, 0.3) is 0 Å². The fourth-order valence-corrected chi connectivity index (χ4v) is 1.87. The molecule has 3 nitrogen and oxygen atoms in total. The molecule has 0 atom stereocenters. The van der Waals surface area contributed by atoms with Gasteiger partial charge in [0.1, 0.15) is 6.33 Å². The molecule has 0 unspecified atom stereocenters. The second kappa shape index (κ2) is 4.65. The average Bonchev–Trinajstić information content (AvgIpc) is 2.30. The molecular weight excluding hydrogens is 301 g/mol. The number of nitrogens with zero attached hydrogens (tertiary/aromatic N) is 3. The van der Waals surface area contributed by atoms with Crippen molar-refractivity contribution in [3.63, 3.8) is 0 Å². The Morgan fingerprint density at radius 1 is 1.33 bits per heavy atom. The Bertz CT molecular complexity index is 457. The third-order valence-corrected chi connectivity index (χ3v) is 2.72. The van der Waals surface area contributed by atoms with Gasteiger partial charge in [0.05, 0.1) is 5.69 Å². The second-order valence-corrected chi connectivity index (χ2v) is 4.34. The minimum Gasteiger partial charge on any atom is -0.260 e. The number of halogens is 1. The van der Waals surface area contributed by atoms with Crippen LogP contribution >= 0.6 is 22.6 Å². The fourth-order valence-electron chi connectivity index (χ4n) is 1.42. The van der Waals surface area contributed by atoms with Crippen LogP contribution in [0.4, 0.5) is 0 Å². The highest BCUT2D eigenvalue weighted by molar-refractivity contribution is 14.1. The van der Waals surface area contributed by atoms with E-state index in [1.54, 1.807) is 12.5 Å². The van der Waals surface area contributed by atoms with E-state index in [1.165, 1.54) is 0 Å². The third kappa shape index (κ3) is 2.31. The van der Waals surface area contributed by atoms with Crippen LogP contribution in [0, 0.1) is 3.57 Å². The van der Waals surface area contributed by atoms with Crippen LogP contribution < -0.4 is 0 Å². The molecule has 0 amide bonds. The zero-order valence-electron chi connectivity index (χ0n) is 8.31. The van der Waals surface area contributed by atoms with Crippen LogP contribution in [0.25, 0.3) is 11.3 Å². The topological polar surface area (TPSA) is 38.7 Å². The average molecular weight is 311 g/mol. The highest BCUT2D eigenvalue weighted by Crippen LogP contribution is 2.21. The molecule has 2 rings (SSSR count). The van der Waals surface area contributed by atoms with Crippen LogP contribution in [0.1, 0.15) is 12.6 Å². The number of aromatic nitrogens is 3. The molecule has 2 heterocycles. The van der Waals surface area contributed by atoms with Crippen molar-refractivity contribution < 1.29 is 0 Å². The van der Waals surface area contributed by atoms with Crippen molar-refractivity contribution in [2.75, 3.05) is 0 Å². The van der Waals surface area contributed by atoms with Gasteiger partial charge in [0, 0.05) is 27.2 Å². The van der Waals surface area contributed by atoms with Crippen LogP contribution in [-0.2, 0) is 6.42 Å². The summed E-state index contributed by atoms with van der Waals surface area (Å²) in [6.45, 7) is 2.10. The summed E-state index contributed by atoms with van der Waals surface area (Å²) < 4.78 is 1.12. The zero-order valence-corrected chi connectivity index (χ0v) is 10.5. The highest BCUT2D eigenvalue weighted by Gasteiger charge is 2.06. The maximum absolute atomic E-state index is 4.41. The van der Waals surface area contributed by atoms with Crippen LogP contribution in [0.5, 0.6) is 0 Å². The molecule has 4 heteroatoms. The molecule has 0 radical (unpaired) electrons. The molecule has 2 aromatic rings. The van der Waals surface area contributed by atoms with Gasteiger partial charge in [-0.1, -0.05) is 6.92 Å². The van der Waals surface area contributed by atoms with E-state index in [9.17, 15) is 0 Å². The lowest BCUT2D eigenvalue weighted by atomic mass is 10.1. The van der Waals surface area contributed by atoms with Crippen molar-refractivity contribution in [3.05, 3.63) is 40.1 Å². The molecule has 2 aromatic heterocycles. The van der Waals surface area contributed by atoms with Crippen molar-refractivity contribution in [2.45, 2.75) is 13.3 Å². The standard InChI is InChI=1S/C11H10IN3/c1-2-10-9(5-8(12)6-14-10)11-3-4-13-7-15-11/h3-7H,2H2,1H3. The Hall–Kier alpha value is -1.04. The molecule has 0 aliphatic heterocycles. The SMILES string of the molecule is CCc1ncc(I)cc1-c1ccncn1. The third-order valence-electron chi connectivity index (χ3n) is 2.13. The zero-order chi connectivity index (χ0) is 10.7. The maximum atomic E-state index is 4.41. The van der Waals surface area contributed by atoms with E-state index >= 15 is 0 Å². The fraction of sp³-hybridized carbons (Fsp3) is 0.182. The van der Waals surface area contributed by atoms with E-state index in [-0.39, 0.29) is 0 Å². The van der Waals surface area contributed by atoms with Gasteiger partial charge in [0.2, 0.25) is 0 Å². The summed E-state index contributed by atoms with van der Waals surface area (Å²) in [7, 11) is 0. The summed E-state index contributed by atoms with van der Waals surface area (Å²) in [5.41, 5.74) is 3.12. The van der Waals surface area contributed by atoms with E-state index < -0.39 is 0 Å². The maximum Gasteiger partial charge on any atom is 0.116 e. The Morgan fingerprint density at radius 3 is 2.87 bits per heavy atom. The molecule has 0 saturated heterocycles. The first-order valence-electron chi connectivity index (χ1n) is 4.72. The van der Waals surface area contributed by atoms with Gasteiger partial charge in [0.15, 0.2) is 0 Å². The van der Waals surface area contributed by atoms with Gasteiger partial charge in [-0.2, -0.15) is 0 Å². The smallest absolute Gasteiger partial charge is 0.116 e. The first-order valence-corrected chi connectivity index (χ1v) is 5.80. The quantitative estimate of drug-likeness (QED) is 0.801. The lowest BCUT2D eigenvalue weighted by Gasteiger charge is -2.06. The Kier molecular flexibility index (Phi) is 3.25. The van der Waals surface area contributed by atoms with Gasteiger partial charge in [-0.25, -0.2) is 9.97 Å². The predicted octanol–water partition coefficient (Wildman–Crippen LogP) is 2.71. The van der Waals surface area contributed by atoms with Crippen molar-refractivity contribution in [3.8, 4) is 11.3 Å². The molecule has 0 aliphatic rings. The van der Waals surface area contributed by atoms with Crippen molar-refractivity contribution in [2.24, 2.45) is 0 Å². The van der Waals surface area contributed by atoms with Crippen LogP contribution in [0.3, 0.4) is 0 Å². The lowest BCUT2D eigenvalue weighted by molar-refractivity contribution is 1.03.